The van der Waals surface area contributed by atoms with Crippen LogP contribution in [0.3, 0.4) is 0 Å². The second-order valence-electron chi connectivity index (χ2n) is 7.48. The number of nitriles is 1. The van der Waals surface area contributed by atoms with Crippen LogP contribution < -0.4 is 20.7 Å². The zero-order valence-electron chi connectivity index (χ0n) is 19.1. The summed E-state index contributed by atoms with van der Waals surface area (Å²) < 4.78 is 16.2. The van der Waals surface area contributed by atoms with Crippen molar-refractivity contribution in [2.75, 3.05) is 63.2 Å². The number of carbonyl (C=O) groups is 2. The first-order chi connectivity index (χ1) is 17.0. The molecule has 0 radical (unpaired) electrons. The standard InChI is InChI=1S/C23H27ClN6O5/c24-18-3-4-20(19(14-18)28-22(31)29-21-5-2-17(15-25)16-27-21)34-10-1-6-26-23(32)35-13-9-30-7-11-33-12-8-30/h2-5,14,16H,1,6-13H2,(H,26,32)(H2,27,28,29,31). The molecular weight excluding hydrogens is 476 g/mol. The fourth-order valence-corrected chi connectivity index (χ4v) is 3.29. The predicted octanol–water partition coefficient (Wildman–Crippen LogP) is 3.08. The van der Waals surface area contributed by atoms with Gasteiger partial charge in [0, 0.05) is 37.4 Å². The minimum absolute atomic E-state index is 0.286. The van der Waals surface area contributed by atoms with E-state index in [1.54, 1.807) is 24.3 Å². The van der Waals surface area contributed by atoms with Crippen LogP contribution in [-0.2, 0) is 9.47 Å². The monoisotopic (exact) mass is 502 g/mol. The van der Waals surface area contributed by atoms with Crippen LogP contribution in [0.5, 0.6) is 5.75 Å². The first-order valence-corrected chi connectivity index (χ1v) is 11.5. The Hall–Kier alpha value is -3.59. The molecule has 0 bridgehead atoms. The van der Waals surface area contributed by atoms with Crippen molar-refractivity contribution in [1.82, 2.24) is 15.2 Å². The second-order valence-corrected chi connectivity index (χ2v) is 7.92. The molecule has 3 amide bonds. The number of rotatable bonds is 10. The smallest absolute Gasteiger partial charge is 0.407 e. The Morgan fingerprint density at radius 3 is 2.74 bits per heavy atom. The Morgan fingerprint density at radius 1 is 1.17 bits per heavy atom. The molecule has 12 heteroatoms. The summed E-state index contributed by atoms with van der Waals surface area (Å²) in [6, 6.07) is 9.33. The molecule has 2 heterocycles. The first-order valence-electron chi connectivity index (χ1n) is 11.1. The quantitative estimate of drug-likeness (QED) is 0.421. The van der Waals surface area contributed by atoms with Gasteiger partial charge in [0.1, 0.15) is 24.2 Å². The van der Waals surface area contributed by atoms with E-state index in [0.29, 0.717) is 68.0 Å². The fraction of sp³-hybridized carbons (Fsp3) is 0.391. The summed E-state index contributed by atoms with van der Waals surface area (Å²) in [5.74, 6) is 0.708. The van der Waals surface area contributed by atoms with Crippen molar-refractivity contribution < 1.29 is 23.8 Å². The van der Waals surface area contributed by atoms with E-state index in [-0.39, 0.29) is 5.82 Å². The minimum atomic E-state index is -0.546. The normalized spacial score (nSPS) is 13.4. The molecule has 0 spiro atoms. The highest BCUT2D eigenvalue weighted by Gasteiger charge is 2.12. The van der Waals surface area contributed by atoms with E-state index in [1.807, 2.05) is 6.07 Å². The topological polar surface area (TPSA) is 138 Å². The van der Waals surface area contributed by atoms with E-state index in [9.17, 15) is 9.59 Å². The maximum Gasteiger partial charge on any atom is 0.407 e. The lowest BCUT2D eigenvalue weighted by molar-refractivity contribution is 0.0281. The van der Waals surface area contributed by atoms with Crippen LogP contribution in [0.2, 0.25) is 5.02 Å². The minimum Gasteiger partial charge on any atom is -0.491 e. The van der Waals surface area contributed by atoms with Crippen LogP contribution in [-0.4, -0.2) is 74.6 Å². The van der Waals surface area contributed by atoms with Crippen molar-refractivity contribution in [3.05, 3.63) is 47.1 Å². The van der Waals surface area contributed by atoms with E-state index >= 15 is 0 Å². The number of carbonyl (C=O) groups excluding carboxylic acids is 2. The molecule has 0 unspecified atom stereocenters. The number of alkyl carbamates (subject to hydrolysis) is 1. The summed E-state index contributed by atoms with van der Waals surface area (Å²) in [7, 11) is 0. The number of benzene rings is 1. The van der Waals surface area contributed by atoms with Crippen molar-refractivity contribution in [2.24, 2.45) is 0 Å². The van der Waals surface area contributed by atoms with E-state index in [4.69, 9.17) is 31.1 Å². The van der Waals surface area contributed by atoms with Gasteiger partial charge in [-0.3, -0.25) is 10.2 Å². The van der Waals surface area contributed by atoms with E-state index < -0.39 is 12.1 Å². The third kappa shape index (κ3) is 9.29. The predicted molar refractivity (Wildman–Crippen MR) is 130 cm³/mol. The van der Waals surface area contributed by atoms with Gasteiger partial charge in [-0.1, -0.05) is 11.6 Å². The average Bonchev–Trinajstić information content (AvgIpc) is 2.86. The van der Waals surface area contributed by atoms with E-state index in [2.05, 4.69) is 25.8 Å². The molecule has 35 heavy (non-hydrogen) atoms. The summed E-state index contributed by atoms with van der Waals surface area (Å²) in [6.45, 7) is 4.77. The van der Waals surface area contributed by atoms with Crippen molar-refractivity contribution in [2.45, 2.75) is 6.42 Å². The Labute approximate surface area is 208 Å². The maximum absolute atomic E-state index is 12.3. The van der Waals surface area contributed by atoms with Gasteiger partial charge in [-0.2, -0.15) is 5.26 Å². The van der Waals surface area contributed by atoms with Gasteiger partial charge in [0.05, 0.1) is 31.1 Å². The van der Waals surface area contributed by atoms with Crippen LogP contribution >= 0.6 is 11.6 Å². The SMILES string of the molecule is N#Cc1ccc(NC(=O)Nc2cc(Cl)ccc2OCCCNC(=O)OCCN2CCOCC2)nc1. The second kappa shape index (κ2) is 14.0. The van der Waals surface area contributed by atoms with Crippen molar-refractivity contribution in [3.8, 4) is 11.8 Å². The number of hydrogen-bond donors (Lipinski definition) is 3. The number of morpholine rings is 1. The fourth-order valence-electron chi connectivity index (χ4n) is 3.12. The van der Waals surface area contributed by atoms with Crippen molar-refractivity contribution >= 4 is 35.2 Å². The molecule has 3 rings (SSSR count). The van der Waals surface area contributed by atoms with Crippen LogP contribution in [0.1, 0.15) is 12.0 Å². The van der Waals surface area contributed by atoms with E-state index in [0.717, 1.165) is 13.1 Å². The third-order valence-corrected chi connectivity index (χ3v) is 5.15. The van der Waals surface area contributed by atoms with Crippen molar-refractivity contribution in [1.29, 1.82) is 5.26 Å². The lowest BCUT2D eigenvalue weighted by Gasteiger charge is -2.26. The Kier molecular flexibility index (Phi) is 10.4. The molecule has 0 aliphatic carbocycles. The van der Waals surface area contributed by atoms with Crippen LogP contribution in [0, 0.1) is 11.3 Å². The number of nitrogens with zero attached hydrogens (tertiary/aromatic N) is 3. The molecule has 186 valence electrons. The molecule has 1 aromatic carbocycles. The Bertz CT molecular complexity index is 1020. The third-order valence-electron chi connectivity index (χ3n) is 4.92. The van der Waals surface area contributed by atoms with Crippen LogP contribution in [0.25, 0.3) is 0 Å². The number of ether oxygens (including phenoxy) is 3. The summed E-state index contributed by atoms with van der Waals surface area (Å²) in [4.78, 5) is 30.3. The molecular formula is C23H27ClN6O5. The molecule has 1 fully saturated rings. The van der Waals surface area contributed by atoms with Gasteiger partial charge in [-0.25, -0.2) is 14.6 Å². The van der Waals surface area contributed by atoms with Crippen molar-refractivity contribution in [3.63, 3.8) is 0 Å². The molecule has 3 N–H and O–H groups in total. The highest BCUT2D eigenvalue weighted by molar-refractivity contribution is 6.31. The zero-order chi connectivity index (χ0) is 24.9. The van der Waals surface area contributed by atoms with Gasteiger partial charge in [-0.15, -0.1) is 0 Å². The lowest BCUT2D eigenvalue weighted by atomic mass is 10.3. The van der Waals surface area contributed by atoms with Gasteiger partial charge in [0.15, 0.2) is 0 Å². The first kappa shape index (κ1) is 26.0. The van der Waals surface area contributed by atoms with Gasteiger partial charge in [0.25, 0.3) is 0 Å². The number of pyridine rings is 1. The lowest BCUT2D eigenvalue weighted by Crippen LogP contribution is -2.39. The van der Waals surface area contributed by atoms with E-state index in [1.165, 1.54) is 12.3 Å². The summed E-state index contributed by atoms with van der Waals surface area (Å²) in [5, 5.41) is 17.2. The van der Waals surface area contributed by atoms with Gasteiger partial charge < -0.3 is 24.8 Å². The van der Waals surface area contributed by atoms with Gasteiger partial charge in [0.2, 0.25) is 0 Å². The Morgan fingerprint density at radius 2 is 2.00 bits per heavy atom. The van der Waals surface area contributed by atoms with Gasteiger partial charge >= 0.3 is 12.1 Å². The zero-order valence-corrected chi connectivity index (χ0v) is 19.8. The number of hydrogen-bond acceptors (Lipinski definition) is 8. The maximum atomic E-state index is 12.3. The molecule has 1 aliphatic heterocycles. The summed E-state index contributed by atoms with van der Waals surface area (Å²) in [6.07, 6.45) is 1.42. The highest BCUT2D eigenvalue weighted by Crippen LogP contribution is 2.28. The molecule has 1 saturated heterocycles. The summed E-state index contributed by atoms with van der Waals surface area (Å²) >= 11 is 6.06. The van der Waals surface area contributed by atoms with Crippen LogP contribution in [0.4, 0.5) is 21.1 Å². The average molecular weight is 503 g/mol. The number of halogens is 1. The summed E-state index contributed by atoms with van der Waals surface area (Å²) in [5.41, 5.74) is 0.761. The number of aromatic nitrogens is 1. The molecule has 11 nitrogen and oxygen atoms in total. The Balaban J connectivity index is 1.37. The number of urea groups is 1. The molecule has 1 aliphatic rings. The highest BCUT2D eigenvalue weighted by atomic mass is 35.5. The number of amides is 3. The van der Waals surface area contributed by atoms with Gasteiger partial charge in [-0.05, 0) is 36.8 Å². The number of nitrogens with one attached hydrogen (secondary N) is 3. The molecule has 0 saturated carbocycles. The molecule has 1 aromatic heterocycles. The number of anilines is 2. The molecule has 0 atom stereocenters. The largest absolute Gasteiger partial charge is 0.491 e. The molecule has 2 aromatic rings. The van der Waals surface area contributed by atoms with Crippen LogP contribution in [0.15, 0.2) is 36.5 Å².